The molecule has 5 aromatic rings. The van der Waals surface area contributed by atoms with E-state index in [2.05, 4.69) is 0 Å². The fraction of sp³-hybridized carbons (Fsp3) is 0. The minimum atomic E-state index is -0.0439. The summed E-state index contributed by atoms with van der Waals surface area (Å²) in [7, 11) is 0. The van der Waals surface area contributed by atoms with Gasteiger partial charge in [0.1, 0.15) is 23.0 Å². The third kappa shape index (κ3) is 2.35. The molecule has 0 spiro atoms. The van der Waals surface area contributed by atoms with Crippen LogP contribution >= 0.6 is 0 Å². The van der Waals surface area contributed by atoms with E-state index in [9.17, 15) is 20.4 Å². The van der Waals surface area contributed by atoms with E-state index in [4.69, 9.17) is 8.83 Å². The number of hydrogen-bond donors (Lipinski definition) is 4. The van der Waals surface area contributed by atoms with Gasteiger partial charge >= 0.3 is 0 Å². The molecule has 0 aliphatic carbocycles. The lowest BCUT2D eigenvalue weighted by molar-refractivity contribution is 0.458. The Balaban J connectivity index is 1.56. The topological polar surface area (TPSA) is 107 Å². The van der Waals surface area contributed by atoms with Gasteiger partial charge in [0.2, 0.25) is 0 Å². The van der Waals surface area contributed by atoms with Crippen molar-refractivity contribution < 1.29 is 29.3 Å². The Hall–Kier alpha value is -4.06. The van der Waals surface area contributed by atoms with E-state index in [1.807, 2.05) is 24.3 Å². The average Bonchev–Trinajstić information content (AvgIpc) is 3.34. The number of fused-ring (bicyclic) bond motifs is 2. The maximum absolute atomic E-state index is 9.94. The summed E-state index contributed by atoms with van der Waals surface area (Å²) in [5.74, 6) is 0.967. The first-order valence-electron chi connectivity index (χ1n) is 8.51. The first kappa shape index (κ1) is 16.1. The average molecular weight is 374 g/mol. The molecule has 5 rings (SSSR count). The lowest BCUT2D eigenvalue weighted by atomic mass is 10.1. The maximum Gasteiger partial charge on any atom is 0.180 e. The molecule has 0 bridgehead atoms. The molecule has 2 aromatic heterocycles. The smallest absolute Gasteiger partial charge is 0.180 e. The van der Waals surface area contributed by atoms with Crippen LogP contribution in [0.25, 0.3) is 44.6 Å². The van der Waals surface area contributed by atoms with E-state index in [1.54, 1.807) is 12.1 Å². The zero-order valence-electron chi connectivity index (χ0n) is 14.4. The Bertz CT molecular complexity index is 1160. The van der Waals surface area contributed by atoms with E-state index < -0.39 is 0 Å². The third-order valence-electron chi connectivity index (χ3n) is 4.73. The van der Waals surface area contributed by atoms with Crippen LogP contribution in [0.3, 0.4) is 0 Å². The minimum absolute atomic E-state index is 0.0290. The summed E-state index contributed by atoms with van der Waals surface area (Å²) in [6, 6.07) is 16.2. The lowest BCUT2D eigenvalue weighted by Gasteiger charge is -2.00. The summed E-state index contributed by atoms with van der Waals surface area (Å²) in [5.41, 5.74) is 1.95. The Labute approximate surface area is 158 Å². The van der Waals surface area contributed by atoms with Gasteiger partial charge in [0, 0.05) is 11.1 Å². The largest absolute Gasteiger partial charge is 0.507 e. The van der Waals surface area contributed by atoms with Crippen LogP contribution in [0.1, 0.15) is 0 Å². The van der Waals surface area contributed by atoms with Crippen LogP contribution in [0.4, 0.5) is 0 Å². The SMILES string of the molecule is Oc1ccc(O)c2oc(-c3ccc(-c4cc5c(O)ccc(O)c5o4)cc3)cc12. The van der Waals surface area contributed by atoms with Crippen molar-refractivity contribution in [2.24, 2.45) is 0 Å². The van der Waals surface area contributed by atoms with E-state index in [1.165, 1.54) is 24.3 Å². The predicted molar refractivity (Wildman–Crippen MR) is 104 cm³/mol. The zero-order chi connectivity index (χ0) is 19.4. The van der Waals surface area contributed by atoms with Crippen LogP contribution in [0, 0.1) is 0 Å². The molecule has 0 saturated carbocycles. The van der Waals surface area contributed by atoms with Crippen molar-refractivity contribution in [2.75, 3.05) is 0 Å². The number of hydrogen-bond acceptors (Lipinski definition) is 6. The molecule has 0 fully saturated rings. The van der Waals surface area contributed by atoms with Crippen LogP contribution in [0.5, 0.6) is 23.0 Å². The summed E-state index contributed by atoms with van der Waals surface area (Å²) in [6.07, 6.45) is 0. The number of phenolic OH excluding ortho intramolecular Hbond substituents is 4. The second kappa shape index (κ2) is 5.72. The quantitative estimate of drug-likeness (QED) is 0.311. The lowest BCUT2D eigenvalue weighted by Crippen LogP contribution is -1.76. The molecule has 0 radical (unpaired) electrons. The van der Waals surface area contributed by atoms with Crippen LogP contribution in [-0.2, 0) is 0 Å². The van der Waals surface area contributed by atoms with Crippen molar-refractivity contribution in [1.29, 1.82) is 0 Å². The monoisotopic (exact) mass is 374 g/mol. The number of benzene rings is 3. The molecule has 4 N–H and O–H groups in total. The van der Waals surface area contributed by atoms with E-state index in [0.29, 0.717) is 22.3 Å². The van der Waals surface area contributed by atoms with E-state index in [-0.39, 0.29) is 34.2 Å². The van der Waals surface area contributed by atoms with Gasteiger partial charge in [-0.2, -0.15) is 0 Å². The molecular weight excluding hydrogens is 360 g/mol. The molecule has 3 aromatic carbocycles. The summed E-state index contributed by atoms with van der Waals surface area (Å²) in [4.78, 5) is 0. The van der Waals surface area contributed by atoms with Crippen molar-refractivity contribution in [3.8, 4) is 45.6 Å². The summed E-state index contributed by atoms with van der Waals surface area (Å²) >= 11 is 0. The highest BCUT2D eigenvalue weighted by atomic mass is 16.4. The van der Waals surface area contributed by atoms with Crippen LogP contribution in [0.15, 0.2) is 69.5 Å². The Morgan fingerprint density at radius 3 is 1.18 bits per heavy atom. The fourth-order valence-corrected chi connectivity index (χ4v) is 3.27. The standard InChI is InChI=1S/C22H14O6/c23-15-5-7-17(25)21-13(15)9-19(27-21)11-1-2-12(4-3-11)20-10-14-16(24)6-8-18(26)22(14)28-20/h1-10,23-26H. The maximum atomic E-state index is 9.94. The summed E-state index contributed by atoms with van der Waals surface area (Å²) in [6.45, 7) is 0. The van der Waals surface area contributed by atoms with Gasteiger partial charge in [-0.1, -0.05) is 24.3 Å². The van der Waals surface area contributed by atoms with Crippen molar-refractivity contribution >= 4 is 21.9 Å². The molecule has 6 heteroatoms. The predicted octanol–water partition coefficient (Wildman–Crippen LogP) is 5.34. The van der Waals surface area contributed by atoms with E-state index in [0.717, 1.165) is 11.1 Å². The summed E-state index contributed by atoms with van der Waals surface area (Å²) in [5, 5.41) is 40.6. The van der Waals surface area contributed by atoms with Gasteiger partial charge in [0.25, 0.3) is 0 Å². The molecule has 0 aliphatic heterocycles. The number of rotatable bonds is 2. The molecule has 0 saturated heterocycles. The number of furan rings is 2. The third-order valence-corrected chi connectivity index (χ3v) is 4.73. The molecule has 6 nitrogen and oxygen atoms in total. The van der Waals surface area contributed by atoms with Crippen molar-refractivity contribution in [3.63, 3.8) is 0 Å². The molecule has 0 aliphatic rings. The molecule has 0 atom stereocenters. The highest BCUT2D eigenvalue weighted by Crippen LogP contribution is 2.40. The second-order valence-electron chi connectivity index (χ2n) is 6.49. The Morgan fingerprint density at radius 2 is 0.821 bits per heavy atom. The molecule has 2 heterocycles. The van der Waals surface area contributed by atoms with Crippen LogP contribution < -0.4 is 0 Å². The van der Waals surface area contributed by atoms with Gasteiger partial charge in [0.15, 0.2) is 22.7 Å². The number of phenols is 4. The molecule has 0 amide bonds. The Morgan fingerprint density at radius 1 is 0.464 bits per heavy atom. The minimum Gasteiger partial charge on any atom is -0.507 e. The molecule has 28 heavy (non-hydrogen) atoms. The van der Waals surface area contributed by atoms with Gasteiger partial charge in [-0.3, -0.25) is 0 Å². The zero-order valence-corrected chi connectivity index (χ0v) is 14.4. The summed E-state index contributed by atoms with van der Waals surface area (Å²) < 4.78 is 11.4. The second-order valence-corrected chi connectivity index (χ2v) is 6.49. The first-order valence-corrected chi connectivity index (χ1v) is 8.51. The Kier molecular flexibility index (Phi) is 3.30. The highest BCUT2D eigenvalue weighted by Gasteiger charge is 2.15. The number of aromatic hydroxyl groups is 4. The van der Waals surface area contributed by atoms with Gasteiger partial charge in [-0.25, -0.2) is 0 Å². The van der Waals surface area contributed by atoms with Gasteiger partial charge < -0.3 is 29.3 Å². The first-order chi connectivity index (χ1) is 13.5. The highest BCUT2D eigenvalue weighted by molar-refractivity contribution is 5.93. The molecule has 0 unspecified atom stereocenters. The van der Waals surface area contributed by atoms with Gasteiger partial charge in [0.05, 0.1) is 10.8 Å². The van der Waals surface area contributed by atoms with Crippen molar-refractivity contribution in [3.05, 3.63) is 60.7 Å². The van der Waals surface area contributed by atoms with E-state index >= 15 is 0 Å². The van der Waals surface area contributed by atoms with Crippen LogP contribution in [-0.4, -0.2) is 20.4 Å². The molecular formula is C22H14O6. The van der Waals surface area contributed by atoms with Crippen LogP contribution in [0.2, 0.25) is 0 Å². The van der Waals surface area contributed by atoms with Gasteiger partial charge in [-0.15, -0.1) is 0 Å². The normalized spacial score (nSPS) is 11.4. The van der Waals surface area contributed by atoms with Crippen molar-refractivity contribution in [2.45, 2.75) is 0 Å². The molecule has 138 valence electrons. The fourth-order valence-electron chi connectivity index (χ4n) is 3.27. The van der Waals surface area contributed by atoms with Gasteiger partial charge in [-0.05, 0) is 36.4 Å². The van der Waals surface area contributed by atoms with Crippen molar-refractivity contribution in [1.82, 2.24) is 0 Å².